The van der Waals surface area contributed by atoms with E-state index < -0.39 is 28.9 Å². The Morgan fingerprint density at radius 2 is 1.52 bits per heavy atom. The molecular formula is C20H17F4N. The maximum absolute atomic E-state index is 13.9. The van der Waals surface area contributed by atoms with Crippen LogP contribution in [0.15, 0.2) is 42.2 Å². The van der Waals surface area contributed by atoms with Gasteiger partial charge in [-0.1, -0.05) is 31.2 Å². The molecule has 0 unspecified atom stereocenters. The van der Waals surface area contributed by atoms with Crippen LogP contribution in [0.1, 0.15) is 42.0 Å². The third-order valence-corrected chi connectivity index (χ3v) is 3.83. The van der Waals surface area contributed by atoms with Gasteiger partial charge in [0.1, 0.15) is 29.1 Å². The zero-order valence-corrected chi connectivity index (χ0v) is 13.8. The van der Waals surface area contributed by atoms with Gasteiger partial charge in [0.05, 0.1) is 0 Å². The molecule has 25 heavy (non-hydrogen) atoms. The lowest BCUT2D eigenvalue weighted by Crippen LogP contribution is -1.97. The molecule has 0 aromatic heterocycles. The fourth-order valence-electron chi connectivity index (χ4n) is 2.47. The van der Waals surface area contributed by atoms with E-state index in [1.165, 1.54) is 18.2 Å². The van der Waals surface area contributed by atoms with Crippen LogP contribution in [0.4, 0.5) is 17.6 Å². The number of aryl methyl sites for hydroxylation is 2. The maximum atomic E-state index is 13.9. The minimum Gasteiger partial charge on any atom is -0.209 e. The number of hydrogen-bond donors (Lipinski definition) is 0. The van der Waals surface area contributed by atoms with Crippen molar-refractivity contribution in [2.75, 3.05) is 0 Å². The Kier molecular flexibility index (Phi) is 6.35. The van der Waals surface area contributed by atoms with Gasteiger partial charge < -0.3 is 0 Å². The van der Waals surface area contributed by atoms with E-state index in [9.17, 15) is 17.6 Å². The Morgan fingerprint density at radius 3 is 2.04 bits per heavy atom. The minimum absolute atomic E-state index is 0.0589. The highest BCUT2D eigenvalue weighted by Crippen LogP contribution is 2.25. The Morgan fingerprint density at radius 1 is 0.960 bits per heavy atom. The highest BCUT2D eigenvalue weighted by Gasteiger charge is 2.11. The molecule has 5 heteroatoms. The van der Waals surface area contributed by atoms with Crippen molar-refractivity contribution in [1.29, 1.82) is 5.26 Å². The number of rotatable bonds is 6. The molecule has 0 spiro atoms. The molecule has 1 nitrogen and oxygen atoms in total. The molecule has 0 saturated carbocycles. The van der Waals surface area contributed by atoms with E-state index in [-0.39, 0.29) is 12.0 Å². The average molecular weight is 347 g/mol. The van der Waals surface area contributed by atoms with Crippen molar-refractivity contribution < 1.29 is 17.6 Å². The third kappa shape index (κ3) is 4.69. The van der Waals surface area contributed by atoms with Gasteiger partial charge in [0.15, 0.2) is 5.83 Å². The van der Waals surface area contributed by atoms with Crippen LogP contribution in [0.5, 0.6) is 0 Å². The first-order valence-corrected chi connectivity index (χ1v) is 7.97. The lowest BCUT2D eigenvalue weighted by Gasteiger charge is -2.06. The Labute approximate surface area is 144 Å². The number of nitriles is 1. The highest BCUT2D eigenvalue weighted by atomic mass is 19.2. The summed E-state index contributed by atoms with van der Waals surface area (Å²) in [6.07, 6.45) is 1.42. The molecule has 0 N–H and O–H groups in total. The fraction of sp³-hybridized carbons (Fsp3) is 0.250. The summed E-state index contributed by atoms with van der Waals surface area (Å²) < 4.78 is 54.5. The molecular weight excluding hydrogens is 330 g/mol. The normalized spacial score (nSPS) is 11.8. The van der Waals surface area contributed by atoms with Crippen molar-refractivity contribution in [3.63, 3.8) is 0 Å². The summed E-state index contributed by atoms with van der Waals surface area (Å²) in [5.74, 6) is -3.39. The van der Waals surface area contributed by atoms with E-state index in [4.69, 9.17) is 5.26 Å². The van der Waals surface area contributed by atoms with E-state index in [0.29, 0.717) is 24.8 Å². The molecule has 0 heterocycles. The van der Waals surface area contributed by atoms with Gasteiger partial charge in [-0.25, -0.2) is 17.6 Å². The van der Waals surface area contributed by atoms with Crippen molar-refractivity contribution in [2.24, 2.45) is 0 Å². The SMILES string of the molecule is CCCC(F)=C(F)c1ccc(CCc2cc(F)c(C#N)c(F)c2)cc1. The topological polar surface area (TPSA) is 23.8 Å². The summed E-state index contributed by atoms with van der Waals surface area (Å²) in [6, 6.07) is 10.0. The van der Waals surface area contributed by atoms with Crippen molar-refractivity contribution in [1.82, 2.24) is 0 Å². The molecule has 2 aromatic carbocycles. The predicted molar refractivity (Wildman–Crippen MR) is 89.0 cm³/mol. The highest BCUT2D eigenvalue weighted by molar-refractivity contribution is 5.61. The largest absolute Gasteiger partial charge is 0.209 e. The number of halogens is 4. The second kappa shape index (κ2) is 8.48. The number of benzene rings is 2. The van der Waals surface area contributed by atoms with Crippen molar-refractivity contribution in [3.05, 3.63) is 76.1 Å². The molecule has 0 aliphatic carbocycles. The molecule has 0 fully saturated rings. The Bertz CT molecular complexity index is 794. The summed E-state index contributed by atoms with van der Waals surface area (Å²) in [4.78, 5) is 0. The quantitative estimate of drug-likeness (QED) is 0.585. The van der Waals surface area contributed by atoms with Crippen molar-refractivity contribution >= 4 is 5.83 Å². The van der Waals surface area contributed by atoms with E-state index in [1.807, 2.05) is 0 Å². The Balaban J connectivity index is 2.08. The number of hydrogen-bond acceptors (Lipinski definition) is 1. The molecule has 2 aromatic rings. The van der Waals surface area contributed by atoms with Gasteiger partial charge in [-0.2, -0.15) is 5.26 Å². The zero-order valence-electron chi connectivity index (χ0n) is 13.8. The van der Waals surface area contributed by atoms with Crippen molar-refractivity contribution in [2.45, 2.75) is 32.6 Å². The van der Waals surface area contributed by atoms with Crippen LogP contribution >= 0.6 is 0 Å². The smallest absolute Gasteiger partial charge is 0.161 e. The molecule has 0 bridgehead atoms. The molecule has 0 aliphatic rings. The van der Waals surface area contributed by atoms with Gasteiger partial charge in [0, 0.05) is 12.0 Å². The van der Waals surface area contributed by atoms with Gasteiger partial charge in [-0.05, 0) is 42.5 Å². The molecule has 0 aliphatic heterocycles. The molecule has 0 radical (unpaired) electrons. The van der Waals surface area contributed by atoms with E-state index in [0.717, 1.165) is 17.7 Å². The summed E-state index contributed by atoms with van der Waals surface area (Å²) in [6.45, 7) is 1.77. The number of nitrogens with zero attached hydrogens (tertiary/aromatic N) is 1. The summed E-state index contributed by atoms with van der Waals surface area (Å²) >= 11 is 0. The lowest BCUT2D eigenvalue weighted by atomic mass is 10.0. The molecule has 0 atom stereocenters. The maximum Gasteiger partial charge on any atom is 0.161 e. The number of allylic oxidation sites excluding steroid dienone is 1. The monoisotopic (exact) mass is 347 g/mol. The summed E-state index contributed by atoms with van der Waals surface area (Å²) in [5, 5.41) is 8.65. The fourth-order valence-corrected chi connectivity index (χ4v) is 2.47. The van der Waals surface area contributed by atoms with Crippen LogP contribution in [0, 0.1) is 23.0 Å². The van der Waals surface area contributed by atoms with Crippen LogP contribution in [-0.4, -0.2) is 0 Å². The van der Waals surface area contributed by atoms with Gasteiger partial charge in [-0.15, -0.1) is 0 Å². The van der Waals surface area contributed by atoms with Gasteiger partial charge in [0.25, 0.3) is 0 Å². The standard InChI is InChI=1S/C20H17F4N/c1-2-3-17(21)20(24)15-8-6-13(7-9-15)4-5-14-10-18(22)16(12-25)19(23)11-14/h6-11H,2-5H2,1H3. The first kappa shape index (κ1) is 18.7. The van der Waals surface area contributed by atoms with Crippen LogP contribution in [0.25, 0.3) is 5.83 Å². The third-order valence-electron chi connectivity index (χ3n) is 3.83. The second-order valence-electron chi connectivity index (χ2n) is 5.71. The zero-order chi connectivity index (χ0) is 18.4. The summed E-state index contributed by atoms with van der Waals surface area (Å²) in [5.41, 5.74) is 0.838. The van der Waals surface area contributed by atoms with Crippen LogP contribution in [0.2, 0.25) is 0 Å². The molecule has 130 valence electrons. The first-order chi connectivity index (χ1) is 12.0. The van der Waals surface area contributed by atoms with Gasteiger partial charge >= 0.3 is 0 Å². The van der Waals surface area contributed by atoms with Gasteiger partial charge in [-0.3, -0.25) is 0 Å². The second-order valence-corrected chi connectivity index (χ2v) is 5.71. The molecule has 2 rings (SSSR count). The lowest BCUT2D eigenvalue weighted by molar-refractivity contribution is 0.559. The minimum atomic E-state index is -0.883. The molecule has 0 saturated heterocycles. The van der Waals surface area contributed by atoms with E-state index >= 15 is 0 Å². The van der Waals surface area contributed by atoms with Crippen LogP contribution in [0.3, 0.4) is 0 Å². The van der Waals surface area contributed by atoms with Gasteiger partial charge in [0.2, 0.25) is 0 Å². The van der Waals surface area contributed by atoms with Crippen LogP contribution < -0.4 is 0 Å². The van der Waals surface area contributed by atoms with E-state index in [1.54, 1.807) is 19.1 Å². The van der Waals surface area contributed by atoms with Crippen molar-refractivity contribution in [3.8, 4) is 6.07 Å². The Hall–Kier alpha value is -2.61. The predicted octanol–water partition coefficient (Wildman–Crippen LogP) is 6.03. The van der Waals surface area contributed by atoms with E-state index in [2.05, 4.69) is 0 Å². The summed E-state index contributed by atoms with van der Waals surface area (Å²) in [7, 11) is 0. The first-order valence-electron chi connectivity index (χ1n) is 7.97. The van der Waals surface area contributed by atoms with Crippen LogP contribution in [-0.2, 0) is 12.8 Å². The molecule has 0 amide bonds. The average Bonchev–Trinajstić information content (AvgIpc) is 2.60.